The molecule has 0 saturated carbocycles. The lowest BCUT2D eigenvalue weighted by atomic mass is 10.0. The Labute approximate surface area is 107 Å². The van der Waals surface area contributed by atoms with Gasteiger partial charge >= 0.3 is 8.80 Å². The van der Waals surface area contributed by atoms with Gasteiger partial charge in [0.2, 0.25) is 0 Å². The van der Waals surface area contributed by atoms with Crippen LogP contribution in [-0.4, -0.2) is 55.2 Å². The predicted molar refractivity (Wildman–Crippen MR) is 71.0 cm³/mol. The first-order chi connectivity index (χ1) is 8.13. The highest BCUT2D eigenvalue weighted by molar-refractivity contribution is 6.62. The Morgan fingerprint density at radius 2 is 1.82 bits per heavy atom. The summed E-state index contributed by atoms with van der Waals surface area (Å²) in [6, 6.07) is 0. The van der Waals surface area contributed by atoms with Crippen LogP contribution in [0.5, 0.6) is 0 Å². The summed E-state index contributed by atoms with van der Waals surface area (Å²) in [5.41, 5.74) is 0.428. The summed E-state index contributed by atoms with van der Waals surface area (Å²) in [4.78, 5) is 2.38. The van der Waals surface area contributed by atoms with E-state index < -0.39 is 8.80 Å². The Morgan fingerprint density at radius 3 is 2.18 bits per heavy atom. The zero-order valence-electron chi connectivity index (χ0n) is 11.9. The van der Waals surface area contributed by atoms with E-state index in [1.54, 1.807) is 21.3 Å². The fraction of sp³-hybridized carbons (Fsp3) is 1.00. The molecule has 4 nitrogen and oxygen atoms in total. The third kappa shape index (κ3) is 3.29. The maximum atomic E-state index is 5.67. The summed E-state index contributed by atoms with van der Waals surface area (Å²) in [5.74, 6) is 0.645. The second-order valence-electron chi connectivity index (χ2n) is 4.92. The second-order valence-corrected chi connectivity index (χ2v) is 8.10. The number of likely N-dealkylation sites (tertiary alicyclic amines) is 1. The van der Waals surface area contributed by atoms with E-state index in [9.17, 15) is 0 Å². The van der Waals surface area contributed by atoms with E-state index in [1.165, 1.54) is 13.0 Å². The summed E-state index contributed by atoms with van der Waals surface area (Å²) in [7, 11) is 4.86. The molecule has 0 N–H and O–H groups in total. The van der Waals surface area contributed by atoms with Gasteiger partial charge in [-0.05, 0) is 32.4 Å². The van der Waals surface area contributed by atoms with Crippen molar-refractivity contribution in [3.05, 3.63) is 0 Å². The Balaban J connectivity index is 2.82. The molecule has 5 heteroatoms. The molecular formula is C12H27NO3Si. The third-order valence-electron chi connectivity index (χ3n) is 3.90. The lowest BCUT2D eigenvalue weighted by Gasteiger charge is -2.35. The van der Waals surface area contributed by atoms with Gasteiger partial charge in [-0.25, -0.2) is 0 Å². The molecule has 1 aliphatic rings. The van der Waals surface area contributed by atoms with Crippen LogP contribution in [0.2, 0.25) is 5.54 Å². The average molecular weight is 261 g/mol. The van der Waals surface area contributed by atoms with Crippen LogP contribution in [0.4, 0.5) is 0 Å². The Hall–Kier alpha value is 0.0569. The fourth-order valence-electron chi connectivity index (χ4n) is 3.01. The SMILES string of the molecule is CCCC(C1CCN(C)C1)[Si](OC)(OC)OC. The third-order valence-corrected chi connectivity index (χ3v) is 7.28. The molecule has 2 unspecified atom stereocenters. The van der Waals surface area contributed by atoms with Gasteiger partial charge in [0.05, 0.1) is 0 Å². The second kappa shape index (κ2) is 6.85. The van der Waals surface area contributed by atoms with Crippen molar-refractivity contribution in [2.75, 3.05) is 41.5 Å². The highest BCUT2D eigenvalue weighted by Crippen LogP contribution is 2.40. The molecule has 17 heavy (non-hydrogen) atoms. The van der Waals surface area contributed by atoms with Gasteiger partial charge in [0, 0.05) is 33.4 Å². The molecule has 0 aromatic carbocycles. The molecule has 1 rings (SSSR count). The maximum absolute atomic E-state index is 5.67. The maximum Gasteiger partial charge on any atom is 0.503 e. The van der Waals surface area contributed by atoms with Gasteiger partial charge < -0.3 is 18.2 Å². The van der Waals surface area contributed by atoms with Gasteiger partial charge in [-0.15, -0.1) is 0 Å². The lowest BCUT2D eigenvalue weighted by molar-refractivity contribution is 0.0994. The summed E-state index contributed by atoms with van der Waals surface area (Å²) in [6.45, 7) is 4.52. The first-order valence-electron chi connectivity index (χ1n) is 6.47. The van der Waals surface area contributed by atoms with E-state index in [-0.39, 0.29) is 0 Å². The van der Waals surface area contributed by atoms with Crippen molar-refractivity contribution in [1.29, 1.82) is 0 Å². The summed E-state index contributed by atoms with van der Waals surface area (Å²) in [6.07, 6.45) is 3.50. The minimum Gasteiger partial charge on any atom is -0.377 e. The van der Waals surface area contributed by atoms with E-state index >= 15 is 0 Å². The van der Waals surface area contributed by atoms with E-state index in [0.29, 0.717) is 11.5 Å². The molecule has 2 atom stereocenters. The average Bonchev–Trinajstić information content (AvgIpc) is 2.77. The van der Waals surface area contributed by atoms with Crippen LogP contribution in [0.3, 0.4) is 0 Å². The van der Waals surface area contributed by atoms with Crippen molar-refractivity contribution in [3.63, 3.8) is 0 Å². The molecule has 0 aromatic heterocycles. The van der Waals surface area contributed by atoms with Gasteiger partial charge in [0.1, 0.15) is 0 Å². The van der Waals surface area contributed by atoms with Crippen molar-refractivity contribution < 1.29 is 13.3 Å². The zero-order valence-corrected chi connectivity index (χ0v) is 12.9. The van der Waals surface area contributed by atoms with Crippen LogP contribution in [0.15, 0.2) is 0 Å². The molecule has 0 aromatic rings. The van der Waals surface area contributed by atoms with Gasteiger partial charge in [0.25, 0.3) is 0 Å². The van der Waals surface area contributed by atoms with E-state index in [4.69, 9.17) is 13.3 Å². The first-order valence-corrected chi connectivity index (χ1v) is 8.27. The van der Waals surface area contributed by atoms with Crippen molar-refractivity contribution in [1.82, 2.24) is 4.90 Å². The molecular weight excluding hydrogens is 234 g/mol. The van der Waals surface area contributed by atoms with Gasteiger partial charge in [-0.3, -0.25) is 0 Å². The van der Waals surface area contributed by atoms with Crippen LogP contribution in [0, 0.1) is 5.92 Å². The number of nitrogens with zero attached hydrogens (tertiary/aromatic N) is 1. The van der Waals surface area contributed by atoms with Crippen LogP contribution in [0.1, 0.15) is 26.2 Å². The number of hydrogen-bond donors (Lipinski definition) is 0. The van der Waals surface area contributed by atoms with Gasteiger partial charge in [-0.1, -0.05) is 13.3 Å². The summed E-state index contributed by atoms with van der Waals surface area (Å²) < 4.78 is 17.0. The molecule has 0 bridgehead atoms. The molecule has 0 amide bonds. The monoisotopic (exact) mass is 261 g/mol. The highest BCUT2D eigenvalue weighted by Gasteiger charge is 2.51. The van der Waals surface area contributed by atoms with Gasteiger partial charge in [0.15, 0.2) is 0 Å². The van der Waals surface area contributed by atoms with Gasteiger partial charge in [-0.2, -0.15) is 0 Å². The van der Waals surface area contributed by atoms with E-state index in [1.807, 2.05) is 0 Å². The topological polar surface area (TPSA) is 30.9 Å². The minimum absolute atomic E-state index is 0.428. The molecule has 1 aliphatic heterocycles. The number of hydrogen-bond acceptors (Lipinski definition) is 4. The highest BCUT2D eigenvalue weighted by atomic mass is 28.4. The summed E-state index contributed by atoms with van der Waals surface area (Å²) in [5, 5.41) is 0. The quantitative estimate of drug-likeness (QED) is 0.656. The van der Waals surface area contributed by atoms with Crippen LogP contribution in [-0.2, 0) is 13.3 Å². The van der Waals surface area contributed by atoms with Crippen molar-refractivity contribution in [2.24, 2.45) is 5.92 Å². The zero-order chi connectivity index (χ0) is 12.9. The lowest BCUT2D eigenvalue weighted by Crippen LogP contribution is -2.50. The fourth-order valence-corrected chi connectivity index (χ4v) is 5.91. The van der Waals surface area contributed by atoms with Crippen molar-refractivity contribution >= 4 is 8.80 Å². The molecule has 0 radical (unpaired) electrons. The van der Waals surface area contributed by atoms with Crippen molar-refractivity contribution in [3.8, 4) is 0 Å². The Kier molecular flexibility index (Phi) is 6.09. The molecule has 0 aliphatic carbocycles. The smallest absolute Gasteiger partial charge is 0.377 e. The predicted octanol–water partition coefficient (Wildman–Crippen LogP) is 1.99. The van der Waals surface area contributed by atoms with Crippen LogP contribution >= 0.6 is 0 Å². The largest absolute Gasteiger partial charge is 0.503 e. The Bertz CT molecular complexity index is 216. The molecule has 102 valence electrons. The number of rotatable bonds is 7. The molecule has 0 spiro atoms. The van der Waals surface area contributed by atoms with Crippen molar-refractivity contribution in [2.45, 2.75) is 31.7 Å². The van der Waals surface area contributed by atoms with E-state index in [0.717, 1.165) is 19.4 Å². The standard InChI is InChI=1S/C12H27NO3Si/c1-6-7-12(11-8-9-13(2)10-11)17(14-3,15-4)16-5/h11-12H,6-10H2,1-5H3. The summed E-state index contributed by atoms with van der Waals surface area (Å²) >= 11 is 0. The molecule has 1 fully saturated rings. The minimum atomic E-state index is -2.49. The van der Waals surface area contributed by atoms with E-state index in [2.05, 4.69) is 18.9 Å². The molecule has 1 saturated heterocycles. The van der Waals surface area contributed by atoms with Crippen LogP contribution < -0.4 is 0 Å². The van der Waals surface area contributed by atoms with Crippen LogP contribution in [0.25, 0.3) is 0 Å². The first kappa shape index (κ1) is 15.1. The Morgan fingerprint density at radius 1 is 1.24 bits per heavy atom. The molecule has 1 heterocycles. The normalized spacial score (nSPS) is 24.2.